The zero-order valence-electron chi connectivity index (χ0n) is 15.0. The molecule has 26 heavy (non-hydrogen) atoms. The highest BCUT2D eigenvalue weighted by atomic mass is 15.1. The second kappa shape index (κ2) is 6.48. The van der Waals surface area contributed by atoms with Crippen molar-refractivity contribution in [3.05, 3.63) is 65.6 Å². The van der Waals surface area contributed by atoms with Gasteiger partial charge in [0.2, 0.25) is 5.95 Å². The van der Waals surface area contributed by atoms with Crippen molar-refractivity contribution in [3.8, 4) is 0 Å². The fourth-order valence-corrected chi connectivity index (χ4v) is 3.12. The van der Waals surface area contributed by atoms with E-state index in [2.05, 4.69) is 63.7 Å². The molecular formula is C20H20N6. The minimum absolute atomic E-state index is 0.548. The molecule has 0 amide bonds. The maximum Gasteiger partial charge on any atom is 0.227 e. The first-order valence-electron chi connectivity index (χ1n) is 8.45. The fraction of sp³-hybridized carbons (Fsp3) is 0.150. The summed E-state index contributed by atoms with van der Waals surface area (Å²) >= 11 is 0. The molecule has 0 saturated heterocycles. The summed E-state index contributed by atoms with van der Waals surface area (Å²) in [5.74, 6) is 0.548. The number of benzene rings is 2. The Balaban J connectivity index is 1.51. The van der Waals surface area contributed by atoms with Gasteiger partial charge in [0, 0.05) is 16.8 Å². The summed E-state index contributed by atoms with van der Waals surface area (Å²) in [4.78, 5) is 8.81. The Morgan fingerprint density at radius 2 is 1.54 bits per heavy atom. The molecule has 0 aliphatic carbocycles. The number of aromatic amines is 1. The summed E-state index contributed by atoms with van der Waals surface area (Å²) in [6.07, 6.45) is 5.36. The number of anilines is 4. The zero-order valence-corrected chi connectivity index (χ0v) is 15.0. The summed E-state index contributed by atoms with van der Waals surface area (Å²) in [7, 11) is 0. The fourth-order valence-electron chi connectivity index (χ4n) is 3.12. The maximum atomic E-state index is 4.40. The van der Waals surface area contributed by atoms with Crippen molar-refractivity contribution >= 4 is 33.9 Å². The van der Waals surface area contributed by atoms with Crippen LogP contribution < -0.4 is 10.6 Å². The SMILES string of the molecule is Cc1cc(C)c(Nc2cnc(Nc3ccc4cn[nH]c4c3)nc2)c(C)c1. The molecular weight excluding hydrogens is 324 g/mol. The Morgan fingerprint density at radius 3 is 2.27 bits per heavy atom. The number of fused-ring (bicyclic) bond motifs is 1. The molecule has 3 N–H and O–H groups in total. The Bertz CT molecular complexity index is 1040. The summed E-state index contributed by atoms with van der Waals surface area (Å²) in [6.45, 7) is 6.31. The number of nitrogens with one attached hydrogen (secondary N) is 3. The van der Waals surface area contributed by atoms with Crippen LogP contribution in [0.4, 0.5) is 23.0 Å². The summed E-state index contributed by atoms with van der Waals surface area (Å²) in [5, 5.41) is 14.7. The number of nitrogens with zero attached hydrogens (tertiary/aromatic N) is 3. The number of rotatable bonds is 4. The van der Waals surface area contributed by atoms with E-state index in [1.807, 2.05) is 18.2 Å². The van der Waals surface area contributed by atoms with Crippen LogP contribution in [-0.2, 0) is 0 Å². The number of H-pyrrole nitrogens is 1. The third-order valence-electron chi connectivity index (χ3n) is 4.30. The zero-order chi connectivity index (χ0) is 18.1. The molecule has 0 fully saturated rings. The summed E-state index contributed by atoms with van der Waals surface area (Å²) in [6, 6.07) is 10.3. The van der Waals surface area contributed by atoms with Crippen molar-refractivity contribution in [2.24, 2.45) is 0 Å². The molecule has 0 aliphatic heterocycles. The van der Waals surface area contributed by atoms with Gasteiger partial charge in [-0.2, -0.15) is 5.10 Å². The van der Waals surface area contributed by atoms with Crippen LogP contribution in [0.2, 0.25) is 0 Å². The van der Waals surface area contributed by atoms with E-state index in [1.54, 1.807) is 18.6 Å². The standard InChI is InChI=1S/C20H20N6/c1-12-6-13(2)19(14(3)7-12)24-17-10-21-20(22-11-17)25-16-5-4-15-9-23-26-18(15)8-16/h4-11,24H,1-3H3,(H,23,26)(H,21,22,25). The Hall–Kier alpha value is -3.41. The first-order valence-corrected chi connectivity index (χ1v) is 8.45. The average molecular weight is 344 g/mol. The first kappa shape index (κ1) is 16.1. The van der Waals surface area contributed by atoms with Crippen LogP contribution in [0.5, 0.6) is 0 Å². The average Bonchev–Trinajstić information content (AvgIpc) is 3.07. The lowest BCUT2D eigenvalue weighted by molar-refractivity contribution is 1.12. The lowest BCUT2D eigenvalue weighted by atomic mass is 10.1. The van der Waals surface area contributed by atoms with Crippen molar-refractivity contribution in [1.29, 1.82) is 0 Å². The molecule has 4 rings (SSSR count). The quantitative estimate of drug-likeness (QED) is 0.497. The Kier molecular flexibility index (Phi) is 4.01. The smallest absolute Gasteiger partial charge is 0.227 e. The molecule has 0 unspecified atom stereocenters. The van der Waals surface area contributed by atoms with Crippen LogP contribution in [0.1, 0.15) is 16.7 Å². The van der Waals surface area contributed by atoms with Gasteiger partial charge < -0.3 is 10.6 Å². The van der Waals surface area contributed by atoms with Gasteiger partial charge in [-0.25, -0.2) is 9.97 Å². The van der Waals surface area contributed by atoms with Crippen molar-refractivity contribution in [1.82, 2.24) is 20.2 Å². The van der Waals surface area contributed by atoms with Crippen molar-refractivity contribution in [2.45, 2.75) is 20.8 Å². The van der Waals surface area contributed by atoms with Crippen LogP contribution >= 0.6 is 0 Å². The van der Waals surface area contributed by atoms with E-state index < -0.39 is 0 Å². The van der Waals surface area contributed by atoms with Gasteiger partial charge >= 0.3 is 0 Å². The molecule has 0 radical (unpaired) electrons. The minimum Gasteiger partial charge on any atom is -0.353 e. The van der Waals surface area contributed by atoms with E-state index in [0.29, 0.717) is 5.95 Å². The topological polar surface area (TPSA) is 78.5 Å². The number of aryl methyl sites for hydroxylation is 3. The molecule has 0 saturated carbocycles. The van der Waals surface area contributed by atoms with Crippen LogP contribution in [0.3, 0.4) is 0 Å². The van der Waals surface area contributed by atoms with Gasteiger partial charge in [0.05, 0.1) is 29.8 Å². The predicted octanol–water partition coefficient (Wildman–Crippen LogP) is 4.77. The number of hydrogen-bond acceptors (Lipinski definition) is 5. The Labute approximate surface area is 151 Å². The van der Waals surface area contributed by atoms with E-state index >= 15 is 0 Å². The lowest BCUT2D eigenvalue weighted by Crippen LogP contribution is -2.01. The number of aromatic nitrogens is 4. The number of hydrogen-bond donors (Lipinski definition) is 3. The van der Waals surface area contributed by atoms with Gasteiger partial charge in [-0.1, -0.05) is 17.7 Å². The highest BCUT2D eigenvalue weighted by molar-refractivity contribution is 5.82. The monoisotopic (exact) mass is 344 g/mol. The van der Waals surface area contributed by atoms with Gasteiger partial charge in [0.15, 0.2) is 0 Å². The van der Waals surface area contributed by atoms with Gasteiger partial charge in [-0.3, -0.25) is 5.10 Å². The molecule has 2 aromatic heterocycles. The second-order valence-electron chi connectivity index (χ2n) is 6.49. The normalized spacial score (nSPS) is 10.9. The summed E-state index contributed by atoms with van der Waals surface area (Å²) in [5.41, 5.74) is 7.51. The van der Waals surface area contributed by atoms with Crippen LogP contribution in [0, 0.1) is 20.8 Å². The van der Waals surface area contributed by atoms with E-state index in [4.69, 9.17) is 0 Å². The van der Waals surface area contributed by atoms with Crippen molar-refractivity contribution in [2.75, 3.05) is 10.6 Å². The molecule has 0 atom stereocenters. The highest BCUT2D eigenvalue weighted by Crippen LogP contribution is 2.26. The van der Waals surface area contributed by atoms with Crippen LogP contribution in [0.15, 0.2) is 48.9 Å². The van der Waals surface area contributed by atoms with E-state index in [-0.39, 0.29) is 0 Å². The van der Waals surface area contributed by atoms with Gasteiger partial charge in [-0.15, -0.1) is 0 Å². The van der Waals surface area contributed by atoms with Gasteiger partial charge in [0.1, 0.15) is 0 Å². The minimum atomic E-state index is 0.548. The molecule has 0 spiro atoms. The van der Waals surface area contributed by atoms with Gasteiger partial charge in [-0.05, 0) is 50.1 Å². The largest absolute Gasteiger partial charge is 0.353 e. The molecule has 0 bridgehead atoms. The predicted molar refractivity (Wildman–Crippen MR) is 105 cm³/mol. The third-order valence-corrected chi connectivity index (χ3v) is 4.30. The van der Waals surface area contributed by atoms with E-state index in [9.17, 15) is 0 Å². The van der Waals surface area contributed by atoms with Crippen LogP contribution in [-0.4, -0.2) is 20.2 Å². The first-order chi connectivity index (χ1) is 12.6. The van der Waals surface area contributed by atoms with E-state index in [0.717, 1.165) is 28.0 Å². The van der Waals surface area contributed by atoms with Gasteiger partial charge in [0.25, 0.3) is 0 Å². The maximum absolute atomic E-state index is 4.40. The molecule has 0 aliphatic rings. The third kappa shape index (κ3) is 3.21. The molecule has 4 aromatic rings. The van der Waals surface area contributed by atoms with Crippen LogP contribution in [0.25, 0.3) is 10.9 Å². The molecule has 2 aromatic carbocycles. The lowest BCUT2D eigenvalue weighted by Gasteiger charge is -2.13. The molecule has 130 valence electrons. The summed E-state index contributed by atoms with van der Waals surface area (Å²) < 4.78 is 0. The van der Waals surface area contributed by atoms with Crippen molar-refractivity contribution in [3.63, 3.8) is 0 Å². The van der Waals surface area contributed by atoms with Crippen molar-refractivity contribution < 1.29 is 0 Å². The molecule has 6 nitrogen and oxygen atoms in total. The second-order valence-corrected chi connectivity index (χ2v) is 6.49. The Morgan fingerprint density at radius 1 is 0.808 bits per heavy atom. The van der Waals surface area contributed by atoms with E-state index in [1.165, 1.54) is 16.7 Å². The molecule has 2 heterocycles. The highest BCUT2D eigenvalue weighted by Gasteiger charge is 2.06. The molecule has 6 heteroatoms.